The van der Waals surface area contributed by atoms with Gasteiger partial charge in [0.25, 0.3) is 0 Å². The Morgan fingerprint density at radius 1 is 1.21 bits per heavy atom. The Hall–Kier alpha value is -2.64. The molecule has 0 saturated carbocycles. The Morgan fingerprint density at radius 2 is 1.83 bits per heavy atom. The van der Waals surface area contributed by atoms with Gasteiger partial charge in [0.05, 0.1) is 6.54 Å². The van der Waals surface area contributed by atoms with E-state index in [-0.39, 0.29) is 37.0 Å². The van der Waals surface area contributed by atoms with Crippen LogP contribution in [0.15, 0.2) is 24.3 Å². The van der Waals surface area contributed by atoms with Crippen molar-refractivity contribution in [2.75, 3.05) is 20.6 Å². The monoisotopic (exact) mass is 340 g/mol. The topological polar surface area (TPSA) is 95.9 Å². The molecule has 2 N–H and O–H groups in total. The summed E-state index contributed by atoms with van der Waals surface area (Å²) in [7, 11) is 3.26. The van der Waals surface area contributed by atoms with Gasteiger partial charge in [-0.2, -0.15) is 0 Å². The second kappa shape index (κ2) is 9.49. The fourth-order valence-corrected chi connectivity index (χ4v) is 1.78. The molecule has 0 fully saturated rings. The standard InChI is InChI=1S/C16H21FN2O5/c1-19(2)15(21)5-3-4-14(20)18-10-13(16(22)23)24-12-8-6-11(17)7-9-12/h6-9,13H,3-5,10H2,1-2H3,(H,18,20)(H,22,23). The first-order chi connectivity index (χ1) is 11.3. The number of nitrogens with zero attached hydrogens (tertiary/aromatic N) is 1. The van der Waals surface area contributed by atoms with Crippen LogP contribution in [0.1, 0.15) is 19.3 Å². The fourth-order valence-electron chi connectivity index (χ4n) is 1.78. The van der Waals surface area contributed by atoms with Crippen LogP contribution in [-0.2, 0) is 14.4 Å². The molecule has 0 radical (unpaired) electrons. The summed E-state index contributed by atoms with van der Waals surface area (Å²) in [6, 6.07) is 4.91. The number of nitrogens with one attached hydrogen (secondary N) is 1. The molecule has 0 aromatic heterocycles. The van der Waals surface area contributed by atoms with Crippen molar-refractivity contribution in [3.05, 3.63) is 30.1 Å². The van der Waals surface area contributed by atoms with E-state index in [4.69, 9.17) is 9.84 Å². The van der Waals surface area contributed by atoms with Crippen LogP contribution in [0.25, 0.3) is 0 Å². The molecule has 1 unspecified atom stereocenters. The van der Waals surface area contributed by atoms with Gasteiger partial charge in [0, 0.05) is 26.9 Å². The van der Waals surface area contributed by atoms with Crippen molar-refractivity contribution in [1.82, 2.24) is 10.2 Å². The first-order valence-electron chi connectivity index (χ1n) is 7.41. The summed E-state index contributed by atoms with van der Waals surface area (Å²) in [5.74, 6) is -1.96. The van der Waals surface area contributed by atoms with E-state index in [0.717, 1.165) is 12.1 Å². The summed E-state index contributed by atoms with van der Waals surface area (Å²) in [4.78, 5) is 35.7. The van der Waals surface area contributed by atoms with Crippen LogP contribution in [-0.4, -0.2) is 54.5 Å². The quantitative estimate of drug-likeness (QED) is 0.700. The van der Waals surface area contributed by atoms with Gasteiger partial charge in [-0.3, -0.25) is 9.59 Å². The number of halogens is 1. The average molecular weight is 340 g/mol. The first-order valence-corrected chi connectivity index (χ1v) is 7.41. The lowest BCUT2D eigenvalue weighted by molar-refractivity contribution is -0.145. The van der Waals surface area contributed by atoms with Crippen LogP contribution in [0.2, 0.25) is 0 Å². The van der Waals surface area contributed by atoms with Crippen molar-refractivity contribution in [2.24, 2.45) is 0 Å². The van der Waals surface area contributed by atoms with Crippen molar-refractivity contribution in [3.8, 4) is 5.75 Å². The molecule has 0 spiro atoms. The van der Waals surface area contributed by atoms with E-state index in [1.807, 2.05) is 0 Å². The van der Waals surface area contributed by atoms with Crippen molar-refractivity contribution in [3.63, 3.8) is 0 Å². The molecule has 2 amide bonds. The van der Waals surface area contributed by atoms with E-state index < -0.39 is 17.9 Å². The minimum Gasteiger partial charge on any atom is -0.478 e. The first kappa shape index (κ1) is 19.4. The molecule has 1 rings (SSSR count). The maximum Gasteiger partial charge on any atom is 0.346 e. The smallest absolute Gasteiger partial charge is 0.346 e. The number of amides is 2. The van der Waals surface area contributed by atoms with Gasteiger partial charge in [0.1, 0.15) is 11.6 Å². The van der Waals surface area contributed by atoms with Gasteiger partial charge in [-0.05, 0) is 30.7 Å². The fraction of sp³-hybridized carbons (Fsp3) is 0.438. The summed E-state index contributed by atoms with van der Waals surface area (Å²) >= 11 is 0. The molecule has 0 aliphatic carbocycles. The maximum atomic E-state index is 12.8. The molecule has 24 heavy (non-hydrogen) atoms. The summed E-state index contributed by atoms with van der Waals surface area (Å²) in [5.41, 5.74) is 0. The van der Waals surface area contributed by atoms with E-state index in [0.29, 0.717) is 6.42 Å². The zero-order valence-electron chi connectivity index (χ0n) is 13.6. The Morgan fingerprint density at radius 3 is 2.38 bits per heavy atom. The van der Waals surface area contributed by atoms with E-state index in [9.17, 15) is 18.8 Å². The van der Waals surface area contributed by atoms with Gasteiger partial charge in [0.15, 0.2) is 0 Å². The van der Waals surface area contributed by atoms with E-state index in [2.05, 4.69) is 5.32 Å². The normalized spacial score (nSPS) is 11.5. The van der Waals surface area contributed by atoms with Gasteiger partial charge < -0.3 is 20.1 Å². The lowest BCUT2D eigenvalue weighted by Crippen LogP contribution is -2.40. The third kappa shape index (κ3) is 7.08. The Balaban J connectivity index is 2.40. The molecule has 0 aliphatic heterocycles. The number of carbonyl (C=O) groups is 3. The van der Waals surface area contributed by atoms with Crippen LogP contribution in [0, 0.1) is 5.82 Å². The highest BCUT2D eigenvalue weighted by molar-refractivity contribution is 5.79. The van der Waals surface area contributed by atoms with E-state index in [1.165, 1.54) is 17.0 Å². The summed E-state index contributed by atoms with van der Waals surface area (Å²) in [6.45, 7) is -0.229. The molecule has 8 heteroatoms. The molecule has 132 valence electrons. The third-order valence-electron chi connectivity index (χ3n) is 3.15. The Bertz CT molecular complexity index is 574. The molecule has 0 saturated heterocycles. The van der Waals surface area contributed by atoms with Gasteiger partial charge in [-0.1, -0.05) is 0 Å². The van der Waals surface area contributed by atoms with E-state index in [1.54, 1.807) is 14.1 Å². The second-order valence-electron chi connectivity index (χ2n) is 5.34. The number of ether oxygens (including phenoxy) is 1. The predicted molar refractivity (Wildman–Crippen MR) is 84.0 cm³/mol. The molecule has 1 aromatic rings. The summed E-state index contributed by atoms with van der Waals surface area (Å²) < 4.78 is 18.0. The van der Waals surface area contributed by atoms with Crippen molar-refractivity contribution in [1.29, 1.82) is 0 Å². The minimum absolute atomic E-state index is 0.0779. The molecule has 0 bridgehead atoms. The van der Waals surface area contributed by atoms with E-state index >= 15 is 0 Å². The highest BCUT2D eigenvalue weighted by Gasteiger charge is 2.20. The predicted octanol–water partition coefficient (Wildman–Crippen LogP) is 1.03. The van der Waals surface area contributed by atoms with Crippen LogP contribution in [0.4, 0.5) is 4.39 Å². The third-order valence-corrected chi connectivity index (χ3v) is 3.15. The van der Waals surface area contributed by atoms with Crippen molar-refractivity contribution in [2.45, 2.75) is 25.4 Å². The SMILES string of the molecule is CN(C)C(=O)CCCC(=O)NCC(Oc1ccc(F)cc1)C(=O)O. The average Bonchev–Trinajstić information content (AvgIpc) is 2.52. The summed E-state index contributed by atoms with van der Waals surface area (Å²) in [6.07, 6.45) is -0.556. The molecular formula is C16H21FN2O5. The molecule has 1 atom stereocenters. The summed E-state index contributed by atoms with van der Waals surface area (Å²) in [5, 5.41) is 11.6. The molecule has 7 nitrogen and oxygen atoms in total. The molecular weight excluding hydrogens is 319 g/mol. The second-order valence-corrected chi connectivity index (χ2v) is 5.34. The Labute approximate surface area is 139 Å². The van der Waals surface area contributed by atoms with Crippen LogP contribution in [0.5, 0.6) is 5.75 Å². The zero-order valence-corrected chi connectivity index (χ0v) is 13.6. The lowest BCUT2D eigenvalue weighted by atomic mass is 10.2. The lowest BCUT2D eigenvalue weighted by Gasteiger charge is -2.16. The number of benzene rings is 1. The van der Waals surface area contributed by atoms with Crippen LogP contribution in [0.3, 0.4) is 0 Å². The maximum absolute atomic E-state index is 12.8. The molecule has 0 aliphatic rings. The highest BCUT2D eigenvalue weighted by atomic mass is 19.1. The number of hydrogen-bond acceptors (Lipinski definition) is 4. The number of carboxylic acid groups (broad SMARTS) is 1. The number of carboxylic acids is 1. The number of aliphatic carboxylic acids is 1. The van der Waals surface area contributed by atoms with Crippen LogP contribution < -0.4 is 10.1 Å². The minimum atomic E-state index is -1.29. The van der Waals surface area contributed by atoms with Crippen molar-refractivity contribution < 1.29 is 28.6 Å². The Kier molecular flexibility index (Phi) is 7.67. The highest BCUT2D eigenvalue weighted by Crippen LogP contribution is 2.13. The molecule has 1 aromatic carbocycles. The van der Waals surface area contributed by atoms with Gasteiger partial charge in [-0.25, -0.2) is 9.18 Å². The van der Waals surface area contributed by atoms with Gasteiger partial charge in [0.2, 0.25) is 17.9 Å². The largest absolute Gasteiger partial charge is 0.478 e. The number of carbonyl (C=O) groups excluding carboxylic acids is 2. The van der Waals surface area contributed by atoms with Gasteiger partial charge >= 0.3 is 5.97 Å². The zero-order chi connectivity index (χ0) is 18.1. The molecule has 0 heterocycles. The van der Waals surface area contributed by atoms with Crippen molar-refractivity contribution >= 4 is 17.8 Å². The van der Waals surface area contributed by atoms with Gasteiger partial charge in [-0.15, -0.1) is 0 Å². The number of rotatable bonds is 9. The number of hydrogen-bond donors (Lipinski definition) is 2. The van der Waals surface area contributed by atoms with Crippen LogP contribution >= 0.6 is 0 Å².